The minimum absolute atomic E-state index is 0.00166. The Bertz CT molecular complexity index is 373. The Kier molecular flexibility index (Phi) is 6.91. The molecule has 0 heterocycles. The molecule has 0 aliphatic carbocycles. The van der Waals surface area contributed by atoms with Gasteiger partial charge in [0.1, 0.15) is 0 Å². The number of rotatable bonds is 6. The maximum absolute atomic E-state index is 11.6. The molecule has 1 amide bonds. The van der Waals surface area contributed by atoms with Gasteiger partial charge in [0, 0.05) is 21.1 Å². The monoisotopic (exact) mass is 365 g/mol. The van der Waals surface area contributed by atoms with Gasteiger partial charge in [-0.2, -0.15) is 0 Å². The van der Waals surface area contributed by atoms with Crippen molar-refractivity contribution in [1.29, 1.82) is 0 Å². The number of hydrogen-bond donors (Lipinski definition) is 2. The van der Waals surface area contributed by atoms with Crippen molar-refractivity contribution >= 4 is 45.9 Å². The van der Waals surface area contributed by atoms with Gasteiger partial charge in [0.25, 0.3) is 0 Å². The summed E-state index contributed by atoms with van der Waals surface area (Å²) in [5.41, 5.74) is 0.831. The van der Waals surface area contributed by atoms with Crippen LogP contribution in [0.4, 0.5) is 5.69 Å². The number of carbonyl (C=O) groups excluding carboxylic acids is 1. The Morgan fingerprint density at radius 3 is 3.00 bits per heavy atom. The van der Waals surface area contributed by atoms with Gasteiger partial charge in [0.15, 0.2) is 0 Å². The number of halogens is 1. The quantitative estimate of drug-likeness (QED) is 0.763. The second kappa shape index (κ2) is 7.94. The lowest BCUT2D eigenvalue weighted by molar-refractivity contribution is -0.113. The Morgan fingerprint density at radius 1 is 1.59 bits per heavy atom. The fraction of sp³-hybridized carbons (Fsp3) is 0.417. The third-order valence-electron chi connectivity index (χ3n) is 2.14. The van der Waals surface area contributed by atoms with E-state index < -0.39 is 0 Å². The van der Waals surface area contributed by atoms with Crippen LogP contribution in [0.3, 0.4) is 0 Å². The molecule has 2 N–H and O–H groups in total. The van der Waals surface area contributed by atoms with Crippen molar-refractivity contribution in [2.24, 2.45) is 0 Å². The number of aliphatic hydroxyl groups is 1. The molecule has 5 heteroatoms. The fourth-order valence-electron chi connectivity index (χ4n) is 1.25. The SMILES string of the molecule is CC(CCO)SCC(=O)Nc1cccc(I)c1. The number of anilines is 1. The van der Waals surface area contributed by atoms with Gasteiger partial charge in [-0.05, 0) is 47.2 Å². The first-order valence-electron chi connectivity index (χ1n) is 5.39. The third kappa shape index (κ3) is 6.28. The third-order valence-corrected chi connectivity index (χ3v) is 4.05. The van der Waals surface area contributed by atoms with E-state index in [1.807, 2.05) is 31.2 Å². The van der Waals surface area contributed by atoms with Crippen LogP contribution in [0.5, 0.6) is 0 Å². The molecule has 94 valence electrons. The molecule has 0 aliphatic rings. The standard InChI is InChI=1S/C12H16INO2S/c1-9(5-6-15)17-8-12(16)14-11-4-2-3-10(13)7-11/h2-4,7,9,15H,5-6,8H2,1H3,(H,14,16). The average molecular weight is 365 g/mol. The summed E-state index contributed by atoms with van der Waals surface area (Å²) >= 11 is 3.77. The van der Waals surface area contributed by atoms with Crippen LogP contribution in [0.2, 0.25) is 0 Å². The number of benzene rings is 1. The number of aliphatic hydroxyl groups excluding tert-OH is 1. The molecule has 1 aromatic rings. The van der Waals surface area contributed by atoms with Gasteiger partial charge < -0.3 is 10.4 Å². The topological polar surface area (TPSA) is 49.3 Å². The lowest BCUT2D eigenvalue weighted by Gasteiger charge is -2.09. The summed E-state index contributed by atoms with van der Waals surface area (Å²) in [5.74, 6) is 0.425. The second-order valence-corrected chi connectivity index (χ2v) is 6.36. The smallest absolute Gasteiger partial charge is 0.234 e. The molecule has 0 aliphatic heterocycles. The summed E-state index contributed by atoms with van der Waals surface area (Å²) < 4.78 is 1.10. The van der Waals surface area contributed by atoms with Gasteiger partial charge in [-0.3, -0.25) is 4.79 Å². The molecular weight excluding hydrogens is 349 g/mol. The van der Waals surface area contributed by atoms with Crippen LogP contribution in [-0.4, -0.2) is 28.6 Å². The van der Waals surface area contributed by atoms with E-state index in [0.29, 0.717) is 11.0 Å². The Hall–Kier alpha value is -0.270. The van der Waals surface area contributed by atoms with Crippen molar-refractivity contribution in [3.05, 3.63) is 27.8 Å². The van der Waals surface area contributed by atoms with Crippen molar-refractivity contribution < 1.29 is 9.90 Å². The molecule has 0 saturated carbocycles. The number of carbonyl (C=O) groups is 1. The van der Waals surface area contributed by atoms with Gasteiger partial charge in [0.05, 0.1) is 5.75 Å². The lowest BCUT2D eigenvalue weighted by Crippen LogP contribution is -2.16. The highest BCUT2D eigenvalue weighted by Gasteiger charge is 2.07. The first kappa shape index (κ1) is 14.8. The Labute approximate surface area is 120 Å². The van der Waals surface area contributed by atoms with Crippen LogP contribution in [0.25, 0.3) is 0 Å². The summed E-state index contributed by atoms with van der Waals surface area (Å²) in [7, 11) is 0. The van der Waals surface area contributed by atoms with Gasteiger partial charge in [0.2, 0.25) is 5.91 Å². The van der Waals surface area contributed by atoms with E-state index in [0.717, 1.165) is 15.7 Å². The summed E-state index contributed by atoms with van der Waals surface area (Å²) in [6.07, 6.45) is 0.723. The molecule has 1 atom stereocenters. The summed E-state index contributed by atoms with van der Waals surface area (Å²) in [6.45, 7) is 2.19. The van der Waals surface area contributed by atoms with Crippen LogP contribution < -0.4 is 5.32 Å². The summed E-state index contributed by atoms with van der Waals surface area (Å²) in [6, 6.07) is 7.70. The molecule has 0 saturated heterocycles. The van der Waals surface area contributed by atoms with E-state index in [2.05, 4.69) is 27.9 Å². The van der Waals surface area contributed by atoms with Gasteiger partial charge in [-0.15, -0.1) is 11.8 Å². The van der Waals surface area contributed by atoms with E-state index in [1.54, 1.807) is 11.8 Å². The maximum atomic E-state index is 11.6. The predicted molar refractivity (Wildman–Crippen MR) is 81.4 cm³/mol. The normalized spacial score (nSPS) is 12.2. The molecule has 0 fully saturated rings. The van der Waals surface area contributed by atoms with Crippen LogP contribution >= 0.6 is 34.4 Å². The van der Waals surface area contributed by atoms with E-state index in [-0.39, 0.29) is 12.5 Å². The molecule has 17 heavy (non-hydrogen) atoms. The van der Waals surface area contributed by atoms with Crippen LogP contribution in [0.15, 0.2) is 24.3 Å². The number of hydrogen-bond acceptors (Lipinski definition) is 3. The van der Waals surface area contributed by atoms with Crippen molar-refractivity contribution in [2.75, 3.05) is 17.7 Å². The van der Waals surface area contributed by atoms with E-state index in [4.69, 9.17) is 5.11 Å². The zero-order valence-corrected chi connectivity index (χ0v) is 12.6. The van der Waals surface area contributed by atoms with Crippen molar-refractivity contribution in [1.82, 2.24) is 0 Å². The van der Waals surface area contributed by atoms with Crippen LogP contribution in [0.1, 0.15) is 13.3 Å². The number of nitrogens with one attached hydrogen (secondary N) is 1. The van der Waals surface area contributed by atoms with E-state index in [9.17, 15) is 4.79 Å². The molecule has 0 bridgehead atoms. The second-order valence-electron chi connectivity index (χ2n) is 3.69. The molecular formula is C12H16INO2S. The van der Waals surface area contributed by atoms with Crippen molar-refractivity contribution in [2.45, 2.75) is 18.6 Å². The highest BCUT2D eigenvalue weighted by molar-refractivity contribution is 14.1. The minimum Gasteiger partial charge on any atom is -0.396 e. The highest BCUT2D eigenvalue weighted by atomic mass is 127. The molecule has 0 radical (unpaired) electrons. The number of amides is 1. The van der Waals surface area contributed by atoms with Crippen LogP contribution in [-0.2, 0) is 4.79 Å². The first-order valence-corrected chi connectivity index (χ1v) is 7.52. The molecule has 3 nitrogen and oxygen atoms in total. The van der Waals surface area contributed by atoms with E-state index >= 15 is 0 Å². The summed E-state index contributed by atoms with van der Waals surface area (Å²) in [5, 5.41) is 11.9. The molecule has 1 rings (SSSR count). The minimum atomic E-state index is 0.00166. The zero-order valence-electron chi connectivity index (χ0n) is 9.65. The molecule has 1 unspecified atom stereocenters. The summed E-state index contributed by atoms with van der Waals surface area (Å²) in [4.78, 5) is 11.6. The predicted octanol–water partition coefficient (Wildman–Crippen LogP) is 2.73. The van der Waals surface area contributed by atoms with Crippen molar-refractivity contribution in [3.8, 4) is 0 Å². The Balaban J connectivity index is 2.34. The Morgan fingerprint density at radius 2 is 2.35 bits per heavy atom. The lowest BCUT2D eigenvalue weighted by atomic mass is 10.3. The van der Waals surface area contributed by atoms with Gasteiger partial charge in [-0.25, -0.2) is 0 Å². The molecule has 0 spiro atoms. The van der Waals surface area contributed by atoms with Crippen LogP contribution in [0, 0.1) is 3.57 Å². The van der Waals surface area contributed by atoms with Gasteiger partial charge >= 0.3 is 0 Å². The van der Waals surface area contributed by atoms with Gasteiger partial charge in [-0.1, -0.05) is 13.0 Å². The zero-order chi connectivity index (χ0) is 12.7. The number of thioether (sulfide) groups is 1. The average Bonchev–Trinajstić information content (AvgIpc) is 2.27. The largest absolute Gasteiger partial charge is 0.396 e. The highest BCUT2D eigenvalue weighted by Crippen LogP contribution is 2.15. The van der Waals surface area contributed by atoms with Crippen molar-refractivity contribution in [3.63, 3.8) is 0 Å². The maximum Gasteiger partial charge on any atom is 0.234 e. The fourth-order valence-corrected chi connectivity index (χ4v) is 2.57. The first-order chi connectivity index (χ1) is 8.11. The van der Waals surface area contributed by atoms with E-state index in [1.165, 1.54) is 0 Å². The molecule has 0 aromatic heterocycles. The molecule has 1 aromatic carbocycles.